The zero-order chi connectivity index (χ0) is 12.6. The Morgan fingerprint density at radius 1 is 1.47 bits per heavy atom. The van der Waals surface area contributed by atoms with Crippen LogP contribution in [0.25, 0.3) is 11.1 Å². The molecule has 2 aromatic rings. The molecule has 1 aromatic heterocycles. The van der Waals surface area contributed by atoms with E-state index in [1.807, 2.05) is 0 Å². The first-order valence-corrected chi connectivity index (χ1v) is 5.20. The fourth-order valence-corrected chi connectivity index (χ4v) is 1.69. The molecular weight excluding hydrogens is 224 g/mol. The van der Waals surface area contributed by atoms with E-state index in [2.05, 4.69) is 0 Å². The van der Waals surface area contributed by atoms with Crippen molar-refractivity contribution in [1.29, 1.82) is 0 Å². The number of rotatable bonds is 3. The van der Waals surface area contributed by atoms with Crippen LogP contribution in [0.4, 0.5) is 0 Å². The minimum absolute atomic E-state index is 0.0437. The molecular formula is C11H14N2O4. The van der Waals surface area contributed by atoms with Gasteiger partial charge in [-0.2, -0.15) is 0 Å². The van der Waals surface area contributed by atoms with Gasteiger partial charge in [-0.05, 0) is 17.7 Å². The lowest BCUT2D eigenvalue weighted by molar-refractivity contribution is 0.0244. The van der Waals surface area contributed by atoms with Gasteiger partial charge in [0.15, 0.2) is 5.58 Å². The van der Waals surface area contributed by atoms with Crippen LogP contribution in [0.5, 0.6) is 0 Å². The molecule has 6 nitrogen and oxygen atoms in total. The van der Waals surface area contributed by atoms with E-state index in [-0.39, 0.29) is 6.54 Å². The minimum Gasteiger partial charge on any atom is -0.408 e. The van der Waals surface area contributed by atoms with Crippen LogP contribution < -0.4 is 11.5 Å². The molecule has 0 spiro atoms. The van der Waals surface area contributed by atoms with E-state index in [4.69, 9.17) is 10.2 Å². The predicted octanol–water partition coefficient (Wildman–Crippen LogP) is -0.516. The lowest BCUT2D eigenvalue weighted by Crippen LogP contribution is -2.27. The van der Waals surface area contributed by atoms with Crippen LogP contribution in [0, 0.1) is 0 Å². The Bertz CT molecular complexity index is 587. The van der Waals surface area contributed by atoms with Gasteiger partial charge in [-0.3, -0.25) is 4.57 Å². The highest BCUT2D eigenvalue weighted by atomic mass is 16.4. The number of fused-ring (bicyclic) bond motifs is 1. The molecule has 0 aliphatic carbocycles. The van der Waals surface area contributed by atoms with Crippen molar-refractivity contribution in [2.75, 3.05) is 6.54 Å². The van der Waals surface area contributed by atoms with Crippen molar-refractivity contribution in [3.63, 3.8) is 0 Å². The van der Waals surface area contributed by atoms with Crippen molar-refractivity contribution in [1.82, 2.24) is 4.57 Å². The van der Waals surface area contributed by atoms with Crippen molar-refractivity contribution in [2.24, 2.45) is 12.8 Å². The summed E-state index contributed by atoms with van der Waals surface area (Å²) in [6.45, 7) is -0.0437. The van der Waals surface area contributed by atoms with E-state index in [9.17, 15) is 15.0 Å². The number of aliphatic hydroxyl groups excluding tert-OH is 2. The lowest BCUT2D eigenvalue weighted by Gasteiger charge is -2.15. The molecule has 0 saturated heterocycles. The molecule has 17 heavy (non-hydrogen) atoms. The van der Waals surface area contributed by atoms with Gasteiger partial charge in [0.05, 0.1) is 11.6 Å². The topological polar surface area (TPSA) is 102 Å². The molecule has 92 valence electrons. The number of hydrogen-bond acceptors (Lipinski definition) is 5. The molecule has 2 atom stereocenters. The van der Waals surface area contributed by atoms with Crippen LogP contribution in [0.3, 0.4) is 0 Å². The molecule has 0 aliphatic heterocycles. The van der Waals surface area contributed by atoms with Gasteiger partial charge < -0.3 is 20.4 Å². The average molecular weight is 238 g/mol. The Kier molecular flexibility index (Phi) is 3.01. The number of oxazole rings is 1. The number of aryl methyl sites for hydroxylation is 1. The Labute approximate surface area is 96.9 Å². The molecule has 0 aliphatic rings. The Balaban J connectivity index is 2.48. The molecule has 0 saturated carbocycles. The van der Waals surface area contributed by atoms with Gasteiger partial charge in [-0.15, -0.1) is 0 Å². The molecule has 0 bridgehead atoms. The highest BCUT2D eigenvalue weighted by molar-refractivity contribution is 5.73. The number of nitrogens with two attached hydrogens (primary N) is 1. The summed E-state index contributed by atoms with van der Waals surface area (Å²) in [6, 6.07) is 4.81. The Morgan fingerprint density at radius 2 is 2.18 bits per heavy atom. The predicted molar refractivity (Wildman–Crippen MR) is 61.5 cm³/mol. The van der Waals surface area contributed by atoms with Crippen LogP contribution >= 0.6 is 0 Å². The number of hydrogen-bond donors (Lipinski definition) is 3. The third-order valence-electron chi connectivity index (χ3n) is 2.76. The summed E-state index contributed by atoms with van der Waals surface area (Å²) < 4.78 is 6.35. The van der Waals surface area contributed by atoms with E-state index >= 15 is 0 Å². The second-order valence-corrected chi connectivity index (χ2v) is 3.90. The molecule has 1 aromatic carbocycles. The van der Waals surface area contributed by atoms with E-state index in [1.54, 1.807) is 19.2 Å². The van der Waals surface area contributed by atoms with E-state index in [0.717, 1.165) is 0 Å². The van der Waals surface area contributed by atoms with Crippen molar-refractivity contribution >= 4 is 11.1 Å². The second-order valence-electron chi connectivity index (χ2n) is 3.90. The average Bonchev–Trinajstić information content (AvgIpc) is 2.62. The quantitative estimate of drug-likeness (QED) is 0.668. The Hall–Kier alpha value is -1.63. The maximum Gasteiger partial charge on any atom is 0.419 e. The van der Waals surface area contributed by atoms with E-state index < -0.39 is 18.0 Å². The summed E-state index contributed by atoms with van der Waals surface area (Å²) in [5.74, 6) is -0.467. The van der Waals surface area contributed by atoms with Gasteiger partial charge in [-0.25, -0.2) is 4.79 Å². The third kappa shape index (κ3) is 1.97. The standard InChI is InChI=1S/C11H14N2O4/c1-13-7-3-2-6(10(15)8(14)5-12)4-9(7)17-11(13)16/h2-4,8,10,14-15H,5,12H2,1H3. The summed E-state index contributed by atoms with van der Waals surface area (Å²) in [7, 11) is 1.60. The first kappa shape index (κ1) is 11.8. The number of aliphatic hydroxyl groups is 2. The molecule has 6 heteroatoms. The summed E-state index contributed by atoms with van der Waals surface area (Å²) in [5.41, 5.74) is 6.73. The zero-order valence-corrected chi connectivity index (χ0v) is 9.33. The molecule has 0 amide bonds. The summed E-state index contributed by atoms with van der Waals surface area (Å²) in [6.07, 6.45) is -2.13. The Morgan fingerprint density at radius 3 is 2.82 bits per heavy atom. The highest BCUT2D eigenvalue weighted by Crippen LogP contribution is 2.21. The largest absolute Gasteiger partial charge is 0.419 e. The summed E-state index contributed by atoms with van der Waals surface area (Å²) in [5, 5.41) is 19.2. The highest BCUT2D eigenvalue weighted by Gasteiger charge is 2.18. The van der Waals surface area contributed by atoms with Crippen molar-refractivity contribution in [3.8, 4) is 0 Å². The molecule has 2 unspecified atom stereocenters. The van der Waals surface area contributed by atoms with Crippen LogP contribution in [0.15, 0.2) is 27.4 Å². The zero-order valence-electron chi connectivity index (χ0n) is 9.33. The molecule has 4 N–H and O–H groups in total. The first-order valence-electron chi connectivity index (χ1n) is 5.20. The van der Waals surface area contributed by atoms with Crippen molar-refractivity contribution in [2.45, 2.75) is 12.2 Å². The molecule has 2 rings (SSSR count). The van der Waals surface area contributed by atoms with Gasteiger partial charge in [0, 0.05) is 13.6 Å². The van der Waals surface area contributed by atoms with Crippen molar-refractivity contribution < 1.29 is 14.6 Å². The summed E-state index contributed by atoms with van der Waals surface area (Å²) >= 11 is 0. The lowest BCUT2D eigenvalue weighted by atomic mass is 10.0. The molecule has 1 heterocycles. The minimum atomic E-state index is -1.09. The van der Waals surface area contributed by atoms with E-state index in [1.165, 1.54) is 10.6 Å². The first-order chi connectivity index (χ1) is 8.04. The van der Waals surface area contributed by atoms with Gasteiger partial charge in [0.2, 0.25) is 0 Å². The SMILES string of the molecule is Cn1c(=O)oc2cc(C(O)C(O)CN)ccc21. The second kappa shape index (κ2) is 4.33. The maximum atomic E-state index is 11.3. The maximum absolute atomic E-state index is 11.3. The van der Waals surface area contributed by atoms with Crippen LogP contribution in [0.2, 0.25) is 0 Å². The van der Waals surface area contributed by atoms with Crippen LogP contribution in [0.1, 0.15) is 11.7 Å². The fourth-order valence-electron chi connectivity index (χ4n) is 1.69. The van der Waals surface area contributed by atoms with Gasteiger partial charge >= 0.3 is 5.76 Å². The molecule has 0 fully saturated rings. The number of benzene rings is 1. The smallest absolute Gasteiger partial charge is 0.408 e. The van der Waals surface area contributed by atoms with Gasteiger partial charge in [-0.1, -0.05) is 6.07 Å². The van der Waals surface area contributed by atoms with Crippen LogP contribution in [-0.4, -0.2) is 27.4 Å². The number of aromatic nitrogens is 1. The van der Waals surface area contributed by atoms with Crippen LogP contribution in [-0.2, 0) is 7.05 Å². The third-order valence-corrected chi connectivity index (χ3v) is 2.76. The number of nitrogens with zero attached hydrogens (tertiary/aromatic N) is 1. The normalized spacial score (nSPS) is 15.1. The fraction of sp³-hybridized carbons (Fsp3) is 0.364. The van der Waals surface area contributed by atoms with Crippen molar-refractivity contribution in [3.05, 3.63) is 34.3 Å². The monoisotopic (exact) mass is 238 g/mol. The molecule has 0 radical (unpaired) electrons. The van der Waals surface area contributed by atoms with Gasteiger partial charge in [0.25, 0.3) is 0 Å². The van der Waals surface area contributed by atoms with E-state index in [0.29, 0.717) is 16.7 Å². The summed E-state index contributed by atoms with van der Waals surface area (Å²) in [4.78, 5) is 11.3. The van der Waals surface area contributed by atoms with Gasteiger partial charge in [0.1, 0.15) is 6.10 Å².